The van der Waals surface area contributed by atoms with Gasteiger partial charge in [-0.2, -0.15) is 0 Å². The average Bonchev–Trinajstić information content (AvgIpc) is 3.78. The summed E-state index contributed by atoms with van der Waals surface area (Å²) in [4.78, 5) is 16.0. The topological polar surface area (TPSA) is 65.0 Å². The molecule has 0 amide bonds. The van der Waals surface area contributed by atoms with Crippen LogP contribution in [0.3, 0.4) is 0 Å². The van der Waals surface area contributed by atoms with E-state index < -0.39 is 0 Å². The Labute approximate surface area is 300 Å². The molecule has 0 N–H and O–H groups in total. The van der Waals surface area contributed by atoms with E-state index in [4.69, 9.17) is 23.8 Å². The minimum atomic E-state index is 0.663. The number of nitrogens with zero attached hydrogens (tertiary/aromatic N) is 3. The van der Waals surface area contributed by atoms with Gasteiger partial charge in [-0.05, 0) is 89.1 Å². The second-order valence-electron chi connectivity index (χ2n) is 14.1. The lowest BCUT2D eigenvalue weighted by molar-refractivity contribution is 0.536. The predicted molar refractivity (Wildman–Crippen MR) is 209 cm³/mol. The molecule has 0 saturated heterocycles. The highest BCUT2D eigenvalue weighted by Crippen LogP contribution is 2.46. The maximum absolute atomic E-state index is 6.57. The third kappa shape index (κ3) is 4.73. The zero-order valence-corrected chi connectivity index (χ0v) is 28.5. The molecule has 3 aliphatic carbocycles. The fourth-order valence-corrected chi connectivity index (χ4v) is 8.47. The zero-order valence-electron chi connectivity index (χ0n) is 28.5. The van der Waals surface area contributed by atoms with Crippen LogP contribution < -0.4 is 0 Å². The second-order valence-corrected chi connectivity index (χ2v) is 14.1. The number of aryl methyl sites for hydroxylation is 3. The van der Waals surface area contributed by atoms with Crippen LogP contribution in [-0.4, -0.2) is 15.0 Å². The monoisotopic (exact) mass is 671 g/mol. The van der Waals surface area contributed by atoms with E-state index in [1.807, 2.05) is 12.1 Å². The number of para-hydroxylation sites is 2. The molecule has 0 bridgehead atoms. The van der Waals surface area contributed by atoms with Crippen LogP contribution in [0.15, 0.2) is 135 Å². The molecule has 11 rings (SSSR count). The number of rotatable bonds is 4. The third-order valence-corrected chi connectivity index (χ3v) is 11.0. The van der Waals surface area contributed by atoms with Crippen molar-refractivity contribution >= 4 is 50.4 Å². The first-order chi connectivity index (χ1) is 25.7. The molecule has 3 heterocycles. The zero-order chi connectivity index (χ0) is 34.2. The summed E-state index contributed by atoms with van der Waals surface area (Å²) in [6.07, 6.45) is 12.2. The summed E-state index contributed by atoms with van der Waals surface area (Å²) in [5.41, 5.74) is 12.3. The van der Waals surface area contributed by atoms with Gasteiger partial charge in [0.15, 0.2) is 17.5 Å². The van der Waals surface area contributed by atoms with Gasteiger partial charge in [0.2, 0.25) is 0 Å². The molecule has 0 fully saturated rings. The maximum Gasteiger partial charge on any atom is 0.165 e. The van der Waals surface area contributed by atoms with Crippen LogP contribution in [0.4, 0.5) is 0 Å². The van der Waals surface area contributed by atoms with Gasteiger partial charge in [-0.25, -0.2) is 15.0 Å². The molecule has 0 atom stereocenters. The van der Waals surface area contributed by atoms with Crippen molar-refractivity contribution < 1.29 is 8.83 Å². The normalized spacial score (nSPS) is 15.2. The van der Waals surface area contributed by atoms with Crippen molar-refractivity contribution in [2.45, 2.75) is 38.5 Å². The molecule has 0 spiro atoms. The summed E-state index contributed by atoms with van der Waals surface area (Å²) in [5.74, 6) is 4.06. The SMILES string of the molecule is C1=Cc2ccc(-c3nc(C4=C(C5=Cc6c(oc7ccccc67)CC5)CCc5oc6ccccc6c54)nc(-c4ccc5ccccc5c4)n3)cc2CC1. The Morgan fingerprint density at radius 3 is 2.12 bits per heavy atom. The number of furan rings is 2. The van der Waals surface area contributed by atoms with E-state index in [0.717, 1.165) is 99.6 Å². The van der Waals surface area contributed by atoms with Crippen molar-refractivity contribution in [3.63, 3.8) is 0 Å². The fraction of sp³-hybridized carbons (Fsp3) is 0.128. The summed E-state index contributed by atoms with van der Waals surface area (Å²) in [6, 6.07) is 38.3. The van der Waals surface area contributed by atoms with Crippen LogP contribution in [0.25, 0.3) is 73.2 Å². The lowest BCUT2D eigenvalue weighted by Gasteiger charge is -2.24. The van der Waals surface area contributed by atoms with Gasteiger partial charge in [0.05, 0.1) is 0 Å². The molecule has 5 nitrogen and oxygen atoms in total. The Morgan fingerprint density at radius 1 is 0.538 bits per heavy atom. The number of fused-ring (bicyclic) bond motifs is 8. The van der Waals surface area contributed by atoms with E-state index in [9.17, 15) is 0 Å². The number of hydrogen-bond acceptors (Lipinski definition) is 5. The molecule has 5 heteroatoms. The van der Waals surface area contributed by atoms with Gasteiger partial charge in [0, 0.05) is 51.4 Å². The highest BCUT2D eigenvalue weighted by atomic mass is 16.3. The fourth-order valence-electron chi connectivity index (χ4n) is 8.47. The molecular formula is C47H33N3O2. The van der Waals surface area contributed by atoms with Gasteiger partial charge in [-0.3, -0.25) is 0 Å². The van der Waals surface area contributed by atoms with E-state index in [1.54, 1.807) is 0 Å². The standard InChI is InChI=1S/C47H33N3O2/c1-3-11-30-25-33(19-17-28(30)9-1)45-48-46(34-20-18-29-10-2-4-12-31(29)26-34)50-47(49-45)44-35(22-24-42-43(44)37-14-6-8-16-40(37)52-42)32-21-23-41-38(27-32)36-13-5-7-15-39(36)51-41/h1-3,5-11,13-20,25-27H,4,12,21-24H2. The van der Waals surface area contributed by atoms with Crippen LogP contribution in [0.2, 0.25) is 0 Å². The van der Waals surface area contributed by atoms with Gasteiger partial charge in [0.25, 0.3) is 0 Å². The first-order valence-corrected chi connectivity index (χ1v) is 18.2. The van der Waals surface area contributed by atoms with E-state index in [-0.39, 0.29) is 0 Å². The largest absolute Gasteiger partial charge is 0.460 e. The van der Waals surface area contributed by atoms with Crippen LogP contribution >= 0.6 is 0 Å². The number of aromatic nitrogens is 3. The number of allylic oxidation sites excluding steroid dienone is 3. The molecule has 3 aromatic heterocycles. The highest BCUT2D eigenvalue weighted by molar-refractivity contribution is 6.00. The molecule has 0 unspecified atom stereocenters. The third-order valence-electron chi connectivity index (χ3n) is 11.0. The number of benzene rings is 5. The Bertz CT molecular complexity index is 2860. The van der Waals surface area contributed by atoms with Gasteiger partial charge < -0.3 is 8.83 Å². The Hall–Kier alpha value is -6.33. The van der Waals surface area contributed by atoms with Crippen molar-refractivity contribution in [2.24, 2.45) is 0 Å². The summed E-state index contributed by atoms with van der Waals surface area (Å²) in [6.45, 7) is 0. The first-order valence-electron chi connectivity index (χ1n) is 18.2. The van der Waals surface area contributed by atoms with Crippen LogP contribution in [0.5, 0.6) is 0 Å². The van der Waals surface area contributed by atoms with Gasteiger partial charge in [0.1, 0.15) is 22.7 Å². The van der Waals surface area contributed by atoms with E-state index >= 15 is 0 Å². The van der Waals surface area contributed by atoms with Crippen LogP contribution in [0, 0.1) is 0 Å². The lowest BCUT2D eigenvalue weighted by atomic mass is 9.80. The second kappa shape index (κ2) is 11.6. The predicted octanol–water partition coefficient (Wildman–Crippen LogP) is 11.6. The van der Waals surface area contributed by atoms with E-state index in [1.165, 1.54) is 33.2 Å². The van der Waals surface area contributed by atoms with Crippen molar-refractivity contribution in [3.8, 4) is 22.8 Å². The van der Waals surface area contributed by atoms with Crippen molar-refractivity contribution in [1.82, 2.24) is 15.0 Å². The summed E-state index contributed by atoms with van der Waals surface area (Å²) < 4.78 is 12.9. The number of hydrogen-bond donors (Lipinski definition) is 0. The maximum atomic E-state index is 6.57. The van der Waals surface area contributed by atoms with Crippen LogP contribution in [-0.2, 0) is 19.3 Å². The molecule has 52 heavy (non-hydrogen) atoms. The minimum Gasteiger partial charge on any atom is -0.460 e. The summed E-state index contributed by atoms with van der Waals surface area (Å²) in [5, 5.41) is 4.58. The summed E-state index contributed by atoms with van der Waals surface area (Å²) in [7, 11) is 0. The smallest absolute Gasteiger partial charge is 0.165 e. The Morgan fingerprint density at radius 2 is 1.23 bits per heavy atom. The van der Waals surface area contributed by atoms with E-state index in [2.05, 4.69) is 115 Å². The molecule has 0 saturated carbocycles. The first kappa shape index (κ1) is 29.4. The quantitative estimate of drug-likeness (QED) is 0.186. The minimum absolute atomic E-state index is 0.663. The molecular weight excluding hydrogens is 639 g/mol. The van der Waals surface area contributed by atoms with Crippen molar-refractivity contribution in [1.29, 1.82) is 0 Å². The lowest BCUT2D eigenvalue weighted by Crippen LogP contribution is -2.12. The van der Waals surface area contributed by atoms with E-state index in [0.29, 0.717) is 17.5 Å². The summed E-state index contributed by atoms with van der Waals surface area (Å²) >= 11 is 0. The van der Waals surface area contributed by atoms with Crippen LogP contribution in [0.1, 0.15) is 58.9 Å². The highest BCUT2D eigenvalue weighted by Gasteiger charge is 2.32. The molecule has 0 radical (unpaired) electrons. The molecule has 248 valence electrons. The molecule has 3 aliphatic rings. The van der Waals surface area contributed by atoms with Gasteiger partial charge in [-0.15, -0.1) is 0 Å². The molecule has 0 aliphatic heterocycles. The van der Waals surface area contributed by atoms with Crippen molar-refractivity contribution in [2.75, 3.05) is 0 Å². The molecule has 8 aromatic rings. The van der Waals surface area contributed by atoms with Gasteiger partial charge >= 0.3 is 0 Å². The Balaban J connectivity index is 1.19. The average molecular weight is 672 g/mol. The Kier molecular flexibility index (Phi) is 6.56. The van der Waals surface area contributed by atoms with Gasteiger partial charge in [-0.1, -0.05) is 97.1 Å². The molecule has 5 aromatic carbocycles. The van der Waals surface area contributed by atoms with Crippen molar-refractivity contribution in [3.05, 3.63) is 166 Å².